The molecule has 4 heteroatoms. The number of nitrogens with two attached hydrogens (primary N) is 2. The molecule has 0 aliphatic heterocycles. The summed E-state index contributed by atoms with van der Waals surface area (Å²) in [5.41, 5.74) is 13.7. The topological polar surface area (TPSA) is 52.0 Å². The summed E-state index contributed by atoms with van der Waals surface area (Å²) < 4.78 is 0. The number of rotatable bonds is 0. The molecule has 4 N–H and O–H groups in total. The molecule has 0 aromatic carbocycles. The molecule has 0 spiro atoms. The molecule has 0 aromatic heterocycles. The Hall–Kier alpha value is -0.0200. The molecule has 1 aliphatic rings. The lowest BCUT2D eigenvalue weighted by Gasteiger charge is -2.35. The molecule has 0 amide bonds. The van der Waals surface area contributed by atoms with Crippen LogP contribution in [0.3, 0.4) is 0 Å². The zero-order valence-corrected chi connectivity index (χ0v) is 10.8. The second kappa shape index (κ2) is 4.67. The van der Waals surface area contributed by atoms with Crippen LogP contribution in [0.2, 0.25) is 0 Å². The molecule has 84 valence electrons. The molecule has 1 aliphatic carbocycles. The van der Waals surface area contributed by atoms with E-state index >= 15 is 0 Å². The maximum atomic E-state index is 6.03. The lowest BCUT2D eigenvalue weighted by atomic mass is 9.78. The highest BCUT2D eigenvalue weighted by atomic mass is 35.5. The largest absolute Gasteiger partial charge is 0.319 e. The highest BCUT2D eigenvalue weighted by Gasteiger charge is 2.30. The van der Waals surface area contributed by atoms with E-state index in [0.29, 0.717) is 0 Å². The van der Waals surface area contributed by atoms with Gasteiger partial charge in [0.25, 0.3) is 0 Å². The molecule has 2 atom stereocenters. The highest BCUT2D eigenvalue weighted by molar-refractivity contribution is 5.85. The summed E-state index contributed by atoms with van der Waals surface area (Å²) in [6, 6.07) is 0. The Labute approximate surface area is 98.6 Å². The van der Waals surface area contributed by atoms with Crippen LogP contribution in [0.25, 0.3) is 0 Å². The molecule has 1 rings (SSSR count). The van der Waals surface area contributed by atoms with Gasteiger partial charge >= 0.3 is 0 Å². The molecule has 2 nitrogen and oxygen atoms in total. The Morgan fingerprint density at radius 3 is 1.29 bits per heavy atom. The minimum absolute atomic E-state index is 0. The van der Waals surface area contributed by atoms with Crippen molar-refractivity contribution in [2.75, 3.05) is 0 Å². The number of hydrogen-bond donors (Lipinski definition) is 2. The van der Waals surface area contributed by atoms with Gasteiger partial charge < -0.3 is 11.5 Å². The quantitative estimate of drug-likeness (QED) is 0.636. The monoisotopic (exact) mass is 238 g/mol. The van der Waals surface area contributed by atoms with Crippen LogP contribution in [0.5, 0.6) is 0 Å². The molecule has 0 aromatic rings. The third-order valence-corrected chi connectivity index (χ3v) is 2.73. The summed E-state index contributed by atoms with van der Waals surface area (Å²) in [6.45, 7) is 8.04. The minimum Gasteiger partial charge on any atom is -0.319 e. The van der Waals surface area contributed by atoms with Crippen molar-refractivity contribution in [1.29, 1.82) is 0 Å². The van der Waals surface area contributed by atoms with Crippen molar-refractivity contribution < 1.29 is 0 Å². The minimum atomic E-state index is -0.317. The van der Waals surface area contributed by atoms with Crippen LogP contribution in [0.1, 0.15) is 27.7 Å². The zero-order valence-electron chi connectivity index (χ0n) is 9.13. The number of hydrogen-bond acceptors (Lipinski definition) is 2. The van der Waals surface area contributed by atoms with Crippen LogP contribution in [0.15, 0.2) is 23.3 Å². The van der Waals surface area contributed by atoms with Crippen molar-refractivity contribution in [3.8, 4) is 0 Å². The van der Waals surface area contributed by atoms with Crippen LogP contribution in [0.4, 0.5) is 0 Å². The summed E-state index contributed by atoms with van der Waals surface area (Å²) in [7, 11) is 0. The van der Waals surface area contributed by atoms with Crippen LogP contribution in [-0.2, 0) is 0 Å². The van der Waals surface area contributed by atoms with Crippen molar-refractivity contribution in [3.63, 3.8) is 0 Å². The first kappa shape index (κ1) is 16.4. The molecule has 14 heavy (non-hydrogen) atoms. The van der Waals surface area contributed by atoms with Gasteiger partial charge in [-0.3, -0.25) is 0 Å². The maximum Gasteiger partial charge on any atom is 0.0527 e. The fraction of sp³-hybridized carbons (Fsp3) is 0.600. The Morgan fingerprint density at radius 2 is 1.07 bits per heavy atom. The van der Waals surface area contributed by atoms with E-state index in [1.165, 1.54) is 0 Å². The van der Waals surface area contributed by atoms with Gasteiger partial charge in [-0.1, -0.05) is 23.3 Å². The second-order valence-corrected chi connectivity index (χ2v) is 4.22. The highest BCUT2D eigenvalue weighted by Crippen LogP contribution is 2.29. The van der Waals surface area contributed by atoms with Crippen molar-refractivity contribution in [3.05, 3.63) is 23.3 Å². The summed E-state index contributed by atoms with van der Waals surface area (Å²) in [5, 5.41) is 0. The van der Waals surface area contributed by atoms with Crippen LogP contribution < -0.4 is 11.5 Å². The summed E-state index contributed by atoms with van der Waals surface area (Å²) in [6.07, 6.45) is 4.09. The van der Waals surface area contributed by atoms with E-state index in [0.717, 1.165) is 11.1 Å². The Balaban J connectivity index is 0. The van der Waals surface area contributed by atoms with E-state index in [4.69, 9.17) is 11.5 Å². The molecule has 0 fully saturated rings. The predicted octanol–water partition coefficient (Wildman–Crippen LogP) is 2.17. The molecule has 0 saturated heterocycles. The lowest BCUT2D eigenvalue weighted by Crippen LogP contribution is -2.46. The molecule has 0 heterocycles. The molecule has 2 unspecified atom stereocenters. The van der Waals surface area contributed by atoms with E-state index in [1.54, 1.807) is 0 Å². The van der Waals surface area contributed by atoms with Crippen LogP contribution in [0, 0.1) is 0 Å². The van der Waals surface area contributed by atoms with E-state index in [9.17, 15) is 0 Å². The average Bonchev–Trinajstić information content (AvgIpc) is 1.82. The molecule has 0 bridgehead atoms. The van der Waals surface area contributed by atoms with Crippen molar-refractivity contribution >= 4 is 24.8 Å². The third kappa shape index (κ3) is 2.99. The van der Waals surface area contributed by atoms with Crippen LogP contribution >= 0.6 is 24.8 Å². The standard InChI is InChI=1S/C10H18N2.2ClH/c1-7-5-10(4,12)8(2)6-9(7,3)11;;/h5-6H,11-12H2,1-4H3;2*1H. The summed E-state index contributed by atoms with van der Waals surface area (Å²) >= 11 is 0. The Morgan fingerprint density at radius 1 is 0.857 bits per heavy atom. The van der Waals surface area contributed by atoms with Gasteiger partial charge in [-0.2, -0.15) is 0 Å². The zero-order chi connectivity index (χ0) is 9.57. The van der Waals surface area contributed by atoms with Gasteiger partial charge in [-0.05, 0) is 27.7 Å². The first-order valence-electron chi connectivity index (χ1n) is 4.23. The van der Waals surface area contributed by atoms with Gasteiger partial charge in [0.15, 0.2) is 0 Å². The second-order valence-electron chi connectivity index (χ2n) is 4.22. The Kier molecular flexibility index (Phi) is 5.47. The van der Waals surface area contributed by atoms with Crippen molar-refractivity contribution in [2.45, 2.75) is 38.8 Å². The SMILES string of the molecule is CC1=CC(C)(N)C(C)=CC1(C)N.Cl.Cl. The van der Waals surface area contributed by atoms with Gasteiger partial charge in [-0.25, -0.2) is 0 Å². The molecule has 0 radical (unpaired) electrons. The summed E-state index contributed by atoms with van der Waals surface area (Å²) in [4.78, 5) is 0. The van der Waals surface area contributed by atoms with Gasteiger partial charge in [0, 0.05) is 0 Å². The van der Waals surface area contributed by atoms with E-state index in [-0.39, 0.29) is 35.9 Å². The molecular formula is C10H20Cl2N2. The summed E-state index contributed by atoms with van der Waals surface area (Å²) in [5.74, 6) is 0. The first-order valence-corrected chi connectivity index (χ1v) is 4.23. The Bertz CT molecular complexity index is 237. The molecular weight excluding hydrogens is 219 g/mol. The molecule has 0 saturated carbocycles. The maximum absolute atomic E-state index is 6.03. The van der Waals surface area contributed by atoms with Gasteiger partial charge in [0.05, 0.1) is 11.1 Å². The number of halogens is 2. The van der Waals surface area contributed by atoms with E-state index < -0.39 is 0 Å². The predicted molar refractivity (Wildman–Crippen MR) is 67.2 cm³/mol. The van der Waals surface area contributed by atoms with Gasteiger partial charge in [0.2, 0.25) is 0 Å². The third-order valence-electron chi connectivity index (χ3n) is 2.73. The first-order chi connectivity index (χ1) is 5.26. The fourth-order valence-electron chi connectivity index (χ4n) is 1.44. The van der Waals surface area contributed by atoms with Crippen molar-refractivity contribution in [1.82, 2.24) is 0 Å². The van der Waals surface area contributed by atoms with Gasteiger partial charge in [0.1, 0.15) is 0 Å². The smallest absolute Gasteiger partial charge is 0.0527 e. The average molecular weight is 239 g/mol. The van der Waals surface area contributed by atoms with Gasteiger partial charge in [-0.15, -0.1) is 24.8 Å². The van der Waals surface area contributed by atoms with Crippen molar-refractivity contribution in [2.24, 2.45) is 11.5 Å². The fourth-order valence-corrected chi connectivity index (χ4v) is 1.44. The van der Waals surface area contributed by atoms with E-state index in [1.807, 2.05) is 39.8 Å². The van der Waals surface area contributed by atoms with E-state index in [2.05, 4.69) is 0 Å². The normalized spacial score (nSPS) is 36.1. The van der Waals surface area contributed by atoms with Crippen LogP contribution in [-0.4, -0.2) is 11.1 Å². The lowest BCUT2D eigenvalue weighted by molar-refractivity contribution is 0.585.